The van der Waals surface area contributed by atoms with Crippen LogP contribution in [0.15, 0.2) is 6.20 Å². The summed E-state index contributed by atoms with van der Waals surface area (Å²) in [5.41, 5.74) is 0. The molecule has 0 aromatic carbocycles. The van der Waals surface area contributed by atoms with Crippen molar-refractivity contribution in [2.75, 3.05) is 20.8 Å². The molecule has 1 N–H and O–H groups in total. The van der Waals surface area contributed by atoms with E-state index in [0.29, 0.717) is 22.8 Å². The fourth-order valence-corrected chi connectivity index (χ4v) is 2.37. The summed E-state index contributed by atoms with van der Waals surface area (Å²) in [4.78, 5) is 4.01. The van der Waals surface area contributed by atoms with E-state index < -0.39 is 11.2 Å². The molecule has 0 spiro atoms. The predicted octanol–water partition coefficient (Wildman–Crippen LogP) is 2.85. The zero-order chi connectivity index (χ0) is 12.9. The highest BCUT2D eigenvalue weighted by atomic mass is 32.1. The van der Waals surface area contributed by atoms with Crippen molar-refractivity contribution in [2.24, 2.45) is 0 Å². The smallest absolute Gasteiger partial charge is 0.385 e. The average Bonchev–Trinajstić information content (AvgIpc) is 2.73. The highest BCUT2D eigenvalue weighted by Crippen LogP contribution is 2.35. The topological polar surface area (TPSA) is 34.1 Å². The summed E-state index contributed by atoms with van der Waals surface area (Å²) in [5, 5.41) is 2.20. The first kappa shape index (κ1) is 14.4. The second kappa shape index (κ2) is 6.32. The molecule has 1 unspecified atom stereocenters. The Morgan fingerprint density at radius 1 is 1.53 bits per heavy atom. The maximum absolute atomic E-state index is 12.4. The molecule has 0 amide bonds. The molecule has 1 aromatic heterocycles. The van der Waals surface area contributed by atoms with E-state index in [4.69, 9.17) is 4.74 Å². The van der Waals surface area contributed by atoms with Crippen molar-refractivity contribution in [3.63, 3.8) is 0 Å². The van der Waals surface area contributed by atoms with E-state index in [2.05, 4.69) is 10.3 Å². The fourth-order valence-electron chi connectivity index (χ4n) is 1.44. The molecule has 1 aromatic rings. The quantitative estimate of drug-likeness (QED) is 0.806. The Kier molecular flexibility index (Phi) is 5.35. The number of methoxy groups -OCH3 is 1. The minimum Gasteiger partial charge on any atom is -0.385 e. The molecule has 0 aliphatic carbocycles. The van der Waals surface area contributed by atoms with Crippen LogP contribution in [0.1, 0.15) is 28.8 Å². The summed E-state index contributed by atoms with van der Waals surface area (Å²) >= 11 is 0.691. The number of alkyl halides is 3. The van der Waals surface area contributed by atoms with Crippen LogP contribution in [0.5, 0.6) is 0 Å². The molecule has 1 atom stereocenters. The van der Waals surface area contributed by atoms with Crippen LogP contribution in [0.4, 0.5) is 13.2 Å². The minimum absolute atomic E-state index is 0.0984. The molecule has 0 saturated heterocycles. The van der Waals surface area contributed by atoms with Gasteiger partial charge in [-0.2, -0.15) is 13.2 Å². The second-order valence-corrected chi connectivity index (χ2v) is 4.60. The molecule has 0 radical (unpaired) electrons. The minimum atomic E-state index is -4.35. The first-order valence-corrected chi connectivity index (χ1v) is 5.99. The molecule has 0 aliphatic rings. The first-order valence-electron chi connectivity index (χ1n) is 5.18. The Hall–Kier alpha value is -0.660. The summed E-state index contributed by atoms with van der Waals surface area (Å²) in [5.74, 6) is 0. The highest BCUT2D eigenvalue weighted by Gasteiger charge is 2.35. The van der Waals surface area contributed by atoms with Crippen LogP contribution in [-0.4, -0.2) is 25.7 Å². The molecular formula is C10H15F3N2OS. The summed E-state index contributed by atoms with van der Waals surface area (Å²) in [6, 6.07) is -0.0984. The number of hydrogen-bond acceptors (Lipinski definition) is 4. The van der Waals surface area contributed by atoms with Gasteiger partial charge in [0.05, 0.1) is 0 Å². The molecular weight excluding hydrogens is 253 g/mol. The average molecular weight is 268 g/mol. The monoisotopic (exact) mass is 268 g/mol. The van der Waals surface area contributed by atoms with E-state index in [0.717, 1.165) is 12.8 Å². The third kappa shape index (κ3) is 4.25. The van der Waals surface area contributed by atoms with E-state index in [9.17, 15) is 13.2 Å². The number of nitrogens with one attached hydrogen (secondary N) is 1. The van der Waals surface area contributed by atoms with Gasteiger partial charge in [0.2, 0.25) is 0 Å². The lowest BCUT2D eigenvalue weighted by atomic mass is 10.1. The van der Waals surface area contributed by atoms with Gasteiger partial charge in [0.15, 0.2) is 5.01 Å². The van der Waals surface area contributed by atoms with Gasteiger partial charge in [0, 0.05) is 30.8 Å². The molecule has 0 bridgehead atoms. The molecule has 0 saturated carbocycles. The van der Waals surface area contributed by atoms with Crippen molar-refractivity contribution in [3.8, 4) is 0 Å². The normalized spacial score (nSPS) is 13.9. The largest absolute Gasteiger partial charge is 0.443 e. The Morgan fingerprint density at radius 3 is 2.71 bits per heavy atom. The van der Waals surface area contributed by atoms with Crippen LogP contribution >= 0.6 is 11.3 Å². The molecule has 1 heterocycles. The Morgan fingerprint density at radius 2 is 2.24 bits per heavy atom. The van der Waals surface area contributed by atoms with Gasteiger partial charge in [0.25, 0.3) is 0 Å². The summed E-state index contributed by atoms with van der Waals surface area (Å²) in [6.45, 7) is 0.600. The standard InChI is InChI=1S/C10H15F3N2OS/c1-14-7(4-3-5-16-2)8-6-15-9(17-8)10(11,12)13/h6-7,14H,3-5H2,1-2H3. The van der Waals surface area contributed by atoms with Crippen LogP contribution < -0.4 is 5.32 Å². The van der Waals surface area contributed by atoms with Crippen molar-refractivity contribution in [1.82, 2.24) is 10.3 Å². The molecule has 3 nitrogen and oxygen atoms in total. The SMILES string of the molecule is CNC(CCCOC)c1cnc(C(F)(F)F)s1. The Balaban J connectivity index is 2.66. The van der Waals surface area contributed by atoms with Gasteiger partial charge in [-0.25, -0.2) is 4.98 Å². The highest BCUT2D eigenvalue weighted by molar-refractivity contribution is 7.11. The fraction of sp³-hybridized carbons (Fsp3) is 0.700. The van der Waals surface area contributed by atoms with Gasteiger partial charge in [0.1, 0.15) is 0 Å². The lowest BCUT2D eigenvalue weighted by molar-refractivity contribution is -0.137. The van der Waals surface area contributed by atoms with Gasteiger partial charge < -0.3 is 10.1 Å². The van der Waals surface area contributed by atoms with Gasteiger partial charge >= 0.3 is 6.18 Å². The summed E-state index contributed by atoms with van der Waals surface area (Å²) in [7, 11) is 3.33. The third-order valence-electron chi connectivity index (χ3n) is 2.30. The number of ether oxygens (including phenoxy) is 1. The van der Waals surface area contributed by atoms with E-state index in [1.807, 2.05) is 0 Å². The van der Waals surface area contributed by atoms with Crippen molar-refractivity contribution < 1.29 is 17.9 Å². The summed E-state index contributed by atoms with van der Waals surface area (Å²) < 4.78 is 42.1. The van der Waals surface area contributed by atoms with Crippen molar-refractivity contribution in [1.29, 1.82) is 0 Å². The number of nitrogens with zero attached hydrogens (tertiary/aromatic N) is 1. The Labute approximate surface area is 102 Å². The first-order chi connectivity index (χ1) is 7.99. The van der Waals surface area contributed by atoms with Gasteiger partial charge in [-0.3, -0.25) is 0 Å². The van der Waals surface area contributed by atoms with Crippen LogP contribution in [0, 0.1) is 0 Å². The number of hydrogen-bond donors (Lipinski definition) is 1. The number of thiazole rings is 1. The molecule has 7 heteroatoms. The zero-order valence-corrected chi connectivity index (χ0v) is 10.5. The predicted molar refractivity (Wildman–Crippen MR) is 60.0 cm³/mol. The zero-order valence-electron chi connectivity index (χ0n) is 9.67. The summed E-state index contributed by atoms with van der Waals surface area (Å²) in [6.07, 6.45) is -1.54. The van der Waals surface area contributed by atoms with Crippen LogP contribution in [0.25, 0.3) is 0 Å². The van der Waals surface area contributed by atoms with Gasteiger partial charge in [-0.1, -0.05) is 0 Å². The Bertz CT molecular complexity index is 341. The molecule has 1 rings (SSSR count). The molecule has 0 fully saturated rings. The number of aromatic nitrogens is 1. The van der Waals surface area contributed by atoms with Crippen molar-refractivity contribution in [2.45, 2.75) is 25.1 Å². The van der Waals surface area contributed by atoms with Crippen molar-refractivity contribution >= 4 is 11.3 Å². The van der Waals surface area contributed by atoms with E-state index in [1.54, 1.807) is 14.2 Å². The molecule has 0 aliphatic heterocycles. The maximum atomic E-state index is 12.4. The number of rotatable bonds is 6. The third-order valence-corrected chi connectivity index (χ3v) is 3.46. The van der Waals surface area contributed by atoms with Gasteiger partial charge in [-0.05, 0) is 19.9 Å². The number of halogens is 3. The van der Waals surface area contributed by atoms with Crippen LogP contribution in [0.3, 0.4) is 0 Å². The maximum Gasteiger partial charge on any atom is 0.443 e. The lowest BCUT2D eigenvalue weighted by Gasteiger charge is -2.13. The van der Waals surface area contributed by atoms with Gasteiger partial charge in [-0.15, -0.1) is 11.3 Å². The lowest BCUT2D eigenvalue weighted by Crippen LogP contribution is -2.15. The molecule has 98 valence electrons. The van der Waals surface area contributed by atoms with E-state index >= 15 is 0 Å². The van der Waals surface area contributed by atoms with E-state index in [1.165, 1.54) is 6.20 Å². The van der Waals surface area contributed by atoms with Crippen molar-refractivity contribution in [3.05, 3.63) is 16.1 Å². The second-order valence-electron chi connectivity index (χ2n) is 3.54. The van der Waals surface area contributed by atoms with E-state index in [-0.39, 0.29) is 6.04 Å². The van der Waals surface area contributed by atoms with Crippen LogP contribution in [0.2, 0.25) is 0 Å². The molecule has 17 heavy (non-hydrogen) atoms. The van der Waals surface area contributed by atoms with Crippen LogP contribution in [-0.2, 0) is 10.9 Å².